The molecule has 1 aromatic heterocycles. The Kier molecular flexibility index (Phi) is 7.35. The van der Waals surface area contributed by atoms with Crippen LogP contribution in [0.3, 0.4) is 0 Å². The number of alkyl carbamates (subject to hydrolysis) is 1. The van der Waals surface area contributed by atoms with Crippen molar-refractivity contribution in [1.82, 2.24) is 15.2 Å². The van der Waals surface area contributed by atoms with Gasteiger partial charge in [-0.1, -0.05) is 32.9 Å². The third kappa shape index (κ3) is 5.38. The predicted octanol–water partition coefficient (Wildman–Crippen LogP) is 2.85. The van der Waals surface area contributed by atoms with Crippen LogP contribution >= 0.6 is 0 Å². The summed E-state index contributed by atoms with van der Waals surface area (Å²) in [5.41, 5.74) is 0.298. The van der Waals surface area contributed by atoms with Crippen LogP contribution in [0.1, 0.15) is 52.0 Å². The second-order valence-electron chi connectivity index (χ2n) is 10.5. The molecule has 10 heteroatoms. The molecule has 4 bridgehead atoms. The van der Waals surface area contributed by atoms with Crippen molar-refractivity contribution in [3.05, 3.63) is 36.0 Å². The van der Waals surface area contributed by atoms with Gasteiger partial charge in [0.25, 0.3) is 0 Å². The largest absolute Gasteiger partial charge is 0.480 e. The zero-order chi connectivity index (χ0) is 26.0. The molecule has 3 N–H and O–H groups in total. The van der Waals surface area contributed by atoms with Gasteiger partial charge in [-0.3, -0.25) is 9.69 Å². The van der Waals surface area contributed by atoms with Crippen LogP contribution < -0.4 is 10.1 Å². The van der Waals surface area contributed by atoms with Gasteiger partial charge >= 0.3 is 12.1 Å². The van der Waals surface area contributed by atoms with Crippen molar-refractivity contribution in [2.75, 3.05) is 6.61 Å². The number of carbonyl (C=O) groups excluding carboxylic acids is 2. The summed E-state index contributed by atoms with van der Waals surface area (Å²) in [4.78, 5) is 43.4. The number of pyridine rings is 1. The number of amides is 2. The Morgan fingerprint density at radius 1 is 1.17 bits per heavy atom. The summed E-state index contributed by atoms with van der Waals surface area (Å²) in [6.07, 6.45) is 1.34. The van der Waals surface area contributed by atoms with Gasteiger partial charge in [0.1, 0.15) is 18.2 Å². The normalized spacial score (nSPS) is 26.1. The summed E-state index contributed by atoms with van der Waals surface area (Å²) in [6, 6.07) is 5.38. The fraction of sp³-hybridized carbons (Fsp3) is 0.538. The SMILES string of the molecule is CC(C)(C)[C@@H]1NC(=O)OCCCCCc2ccc3ccnc(c3c2)O[C@@H]2C[C@@H](C(=O)O)N(C1=O)C2O. The summed E-state index contributed by atoms with van der Waals surface area (Å²) in [5.74, 6) is -1.73. The molecule has 0 aliphatic carbocycles. The minimum atomic E-state index is -1.56. The summed E-state index contributed by atoms with van der Waals surface area (Å²) in [6.45, 7) is 5.42. The van der Waals surface area contributed by atoms with E-state index < -0.39 is 47.8 Å². The number of hydrogen-bond acceptors (Lipinski definition) is 7. The summed E-state index contributed by atoms with van der Waals surface area (Å²) in [5, 5.41) is 25.2. The number of nitrogens with zero attached hydrogens (tertiary/aromatic N) is 2. The quantitative estimate of drug-likeness (QED) is 0.545. The van der Waals surface area contributed by atoms with E-state index in [0.717, 1.165) is 40.5 Å². The van der Waals surface area contributed by atoms with Crippen molar-refractivity contribution in [3.8, 4) is 5.88 Å². The van der Waals surface area contributed by atoms with E-state index >= 15 is 0 Å². The molecule has 2 aliphatic rings. The monoisotopic (exact) mass is 499 g/mol. The first-order chi connectivity index (χ1) is 17.1. The third-order valence-corrected chi connectivity index (χ3v) is 6.72. The molecule has 0 radical (unpaired) electrons. The number of carbonyl (C=O) groups is 3. The number of fused-ring (bicyclic) bond motifs is 3. The fourth-order valence-electron chi connectivity index (χ4n) is 4.74. The molecule has 3 heterocycles. The van der Waals surface area contributed by atoms with Gasteiger partial charge in [-0.05, 0) is 54.2 Å². The molecule has 10 nitrogen and oxygen atoms in total. The Hall–Kier alpha value is -3.40. The predicted molar refractivity (Wildman–Crippen MR) is 130 cm³/mol. The van der Waals surface area contributed by atoms with Gasteiger partial charge in [-0.15, -0.1) is 0 Å². The maximum Gasteiger partial charge on any atom is 0.407 e. The number of rotatable bonds is 1. The van der Waals surface area contributed by atoms with Gasteiger partial charge in [0.15, 0.2) is 6.23 Å². The Morgan fingerprint density at radius 2 is 1.94 bits per heavy atom. The number of ether oxygens (including phenoxy) is 2. The Morgan fingerprint density at radius 3 is 2.67 bits per heavy atom. The number of hydrogen-bond donors (Lipinski definition) is 3. The first-order valence-corrected chi connectivity index (χ1v) is 12.3. The molecule has 194 valence electrons. The Balaban J connectivity index is 1.73. The number of carboxylic acids is 1. The highest BCUT2D eigenvalue weighted by Gasteiger charge is 2.51. The second-order valence-corrected chi connectivity index (χ2v) is 10.5. The fourth-order valence-corrected chi connectivity index (χ4v) is 4.74. The van der Waals surface area contributed by atoms with Crippen LogP contribution in [-0.2, 0) is 20.7 Å². The van der Waals surface area contributed by atoms with Gasteiger partial charge in [-0.25, -0.2) is 14.6 Å². The number of aromatic nitrogens is 1. The topological polar surface area (TPSA) is 138 Å². The van der Waals surface area contributed by atoms with Crippen LogP contribution in [0.15, 0.2) is 30.5 Å². The lowest BCUT2D eigenvalue weighted by Gasteiger charge is -2.36. The van der Waals surface area contributed by atoms with E-state index in [1.165, 1.54) is 0 Å². The lowest BCUT2D eigenvalue weighted by atomic mass is 9.85. The van der Waals surface area contributed by atoms with Gasteiger partial charge in [0.2, 0.25) is 11.8 Å². The number of aliphatic carboxylic acids is 1. The lowest BCUT2D eigenvalue weighted by molar-refractivity contribution is -0.158. The average molecular weight is 500 g/mol. The van der Waals surface area contributed by atoms with E-state index in [1.54, 1.807) is 27.0 Å². The van der Waals surface area contributed by atoms with E-state index in [9.17, 15) is 24.6 Å². The number of aliphatic hydroxyl groups excluding tert-OH is 1. The number of nitrogens with one attached hydrogen (secondary N) is 1. The van der Waals surface area contributed by atoms with Gasteiger partial charge < -0.3 is 25.0 Å². The molecule has 1 saturated heterocycles. The summed E-state index contributed by atoms with van der Waals surface area (Å²) in [7, 11) is 0. The van der Waals surface area contributed by atoms with E-state index in [2.05, 4.69) is 10.3 Å². The van der Waals surface area contributed by atoms with Crippen LogP contribution in [0.2, 0.25) is 0 Å². The molecule has 0 saturated carbocycles. The third-order valence-electron chi connectivity index (χ3n) is 6.72. The van der Waals surface area contributed by atoms with Crippen molar-refractivity contribution in [1.29, 1.82) is 0 Å². The van der Waals surface area contributed by atoms with Crippen LogP contribution in [0, 0.1) is 5.41 Å². The summed E-state index contributed by atoms with van der Waals surface area (Å²) >= 11 is 0. The highest BCUT2D eigenvalue weighted by atomic mass is 16.5. The van der Waals surface area contributed by atoms with Gasteiger partial charge in [-0.2, -0.15) is 0 Å². The standard InChI is InChI=1S/C26H33N3O7/c1-26(2,3)20-23(31)29-18(24(32)33)14-19(22(29)30)36-21-17-13-15(8-9-16(17)10-11-27-21)7-5-4-6-12-35-25(34)28-20/h8-11,13,18-20,22,30H,4-7,12,14H2,1-3H3,(H,28,34)(H,32,33)/t18-,19+,20+,22?/m0/s1. The van der Waals surface area contributed by atoms with E-state index in [4.69, 9.17) is 9.47 Å². The number of benzene rings is 1. The molecule has 2 amide bonds. The maximum atomic E-state index is 13.6. The molecule has 2 aromatic rings. The molecular weight excluding hydrogens is 466 g/mol. The van der Waals surface area contributed by atoms with E-state index in [0.29, 0.717) is 6.42 Å². The zero-order valence-electron chi connectivity index (χ0n) is 20.8. The van der Waals surface area contributed by atoms with Crippen molar-refractivity contribution in [2.24, 2.45) is 5.41 Å². The Bertz CT molecular complexity index is 1150. The average Bonchev–Trinajstić information content (AvgIpc) is 3.14. The molecule has 4 atom stereocenters. The molecule has 0 spiro atoms. The highest BCUT2D eigenvalue weighted by molar-refractivity contribution is 5.91. The number of carboxylic acid groups (broad SMARTS) is 1. The van der Waals surface area contributed by atoms with Crippen LogP contribution in [-0.4, -0.2) is 69.1 Å². The first-order valence-electron chi connectivity index (χ1n) is 12.3. The highest BCUT2D eigenvalue weighted by Crippen LogP contribution is 2.33. The van der Waals surface area contributed by atoms with Crippen molar-refractivity contribution >= 4 is 28.7 Å². The number of aryl methyl sites for hydroxylation is 1. The minimum absolute atomic E-state index is 0.138. The number of aliphatic hydroxyl groups is 1. The minimum Gasteiger partial charge on any atom is -0.480 e. The molecule has 36 heavy (non-hydrogen) atoms. The van der Waals surface area contributed by atoms with Crippen molar-refractivity contribution in [3.63, 3.8) is 0 Å². The summed E-state index contributed by atoms with van der Waals surface area (Å²) < 4.78 is 11.4. The van der Waals surface area contributed by atoms with E-state index in [1.807, 2.05) is 24.3 Å². The first kappa shape index (κ1) is 25.7. The molecule has 4 rings (SSSR count). The van der Waals surface area contributed by atoms with Crippen LogP contribution in [0.5, 0.6) is 5.88 Å². The second kappa shape index (κ2) is 10.3. The zero-order valence-corrected chi connectivity index (χ0v) is 20.8. The molecule has 2 aliphatic heterocycles. The Labute approximate surface area is 209 Å². The van der Waals surface area contributed by atoms with Gasteiger partial charge in [0.05, 0.1) is 6.61 Å². The molecular formula is C26H33N3O7. The molecule has 1 fully saturated rings. The van der Waals surface area contributed by atoms with Crippen molar-refractivity contribution < 1.29 is 34.1 Å². The lowest BCUT2D eigenvalue weighted by Crippen LogP contribution is -2.59. The number of cyclic esters (lactones) is 1. The molecule has 1 aromatic carbocycles. The van der Waals surface area contributed by atoms with E-state index in [-0.39, 0.29) is 18.9 Å². The van der Waals surface area contributed by atoms with Crippen LogP contribution in [0.4, 0.5) is 4.79 Å². The van der Waals surface area contributed by atoms with Crippen molar-refractivity contribution in [2.45, 2.75) is 77.3 Å². The van der Waals surface area contributed by atoms with Gasteiger partial charge in [0, 0.05) is 18.0 Å². The smallest absolute Gasteiger partial charge is 0.407 e. The van der Waals surface area contributed by atoms with Crippen LogP contribution in [0.25, 0.3) is 10.8 Å². The molecule has 1 unspecified atom stereocenters. The maximum absolute atomic E-state index is 13.6.